The van der Waals surface area contributed by atoms with Gasteiger partial charge in [0.15, 0.2) is 5.82 Å². The Morgan fingerprint density at radius 3 is 2.61 bits per heavy atom. The lowest BCUT2D eigenvalue weighted by Crippen LogP contribution is -2.45. The maximum absolute atomic E-state index is 13.2. The molecule has 1 N–H and O–H groups in total. The molecule has 1 saturated heterocycles. The van der Waals surface area contributed by atoms with Crippen LogP contribution in [0, 0.1) is 5.82 Å². The number of carbonyl (C=O) groups excluding carboxylic acids is 2. The van der Waals surface area contributed by atoms with Crippen LogP contribution < -0.4 is 5.32 Å². The highest BCUT2D eigenvalue weighted by Gasteiger charge is 2.38. The summed E-state index contributed by atoms with van der Waals surface area (Å²) in [4.78, 5) is 31.0. The number of rotatable bonds is 6. The van der Waals surface area contributed by atoms with Gasteiger partial charge in [0.1, 0.15) is 17.5 Å². The first-order valence-electron chi connectivity index (χ1n) is 11.7. The number of hydrogen-bond donors (Lipinski definition) is 1. The number of carbonyl (C=O) groups is 2. The summed E-state index contributed by atoms with van der Waals surface area (Å²) in [6.07, 6.45) is 6.10. The van der Waals surface area contributed by atoms with Crippen molar-refractivity contribution in [3.63, 3.8) is 0 Å². The van der Waals surface area contributed by atoms with E-state index in [1.807, 2.05) is 0 Å². The van der Waals surface area contributed by atoms with Gasteiger partial charge in [0.2, 0.25) is 17.7 Å². The maximum Gasteiger partial charge on any atom is 0.227 e. The predicted octanol–water partition coefficient (Wildman–Crippen LogP) is 3.43. The SMILES string of the molecule is CC(=O)NC1(c2noc(CCC(=O)N3CCOC(c4ccc(F)cc4)C3)n2)CCCCCC1. The molecule has 2 fully saturated rings. The van der Waals surface area contributed by atoms with Crippen molar-refractivity contribution in [3.8, 4) is 0 Å². The molecule has 1 unspecified atom stereocenters. The quantitative estimate of drug-likeness (QED) is 0.666. The van der Waals surface area contributed by atoms with Crippen molar-refractivity contribution >= 4 is 11.8 Å². The van der Waals surface area contributed by atoms with Crippen molar-refractivity contribution in [2.24, 2.45) is 0 Å². The third-order valence-electron chi connectivity index (χ3n) is 6.48. The molecule has 1 aromatic carbocycles. The molecule has 2 aliphatic rings. The molecule has 2 heterocycles. The van der Waals surface area contributed by atoms with Gasteiger partial charge in [0.05, 0.1) is 13.2 Å². The average molecular weight is 459 g/mol. The van der Waals surface area contributed by atoms with Gasteiger partial charge in [-0.25, -0.2) is 4.39 Å². The lowest BCUT2D eigenvalue weighted by atomic mass is 9.89. The van der Waals surface area contributed by atoms with Crippen LogP contribution in [-0.4, -0.2) is 46.6 Å². The van der Waals surface area contributed by atoms with Gasteiger partial charge in [-0.05, 0) is 30.5 Å². The second kappa shape index (κ2) is 10.4. The summed E-state index contributed by atoms with van der Waals surface area (Å²) in [5.74, 6) is 0.476. The van der Waals surface area contributed by atoms with Crippen LogP contribution in [0.3, 0.4) is 0 Å². The lowest BCUT2D eigenvalue weighted by Gasteiger charge is -2.33. The summed E-state index contributed by atoms with van der Waals surface area (Å²) >= 11 is 0. The number of benzene rings is 1. The van der Waals surface area contributed by atoms with Gasteiger partial charge in [-0.1, -0.05) is 43.0 Å². The third-order valence-corrected chi connectivity index (χ3v) is 6.48. The normalized spacial score (nSPS) is 20.8. The molecule has 1 aromatic heterocycles. The molecule has 2 amide bonds. The van der Waals surface area contributed by atoms with E-state index in [0.717, 1.165) is 44.1 Å². The largest absolute Gasteiger partial charge is 0.370 e. The molecule has 1 aliphatic heterocycles. The number of morpholine rings is 1. The molecule has 0 spiro atoms. The fourth-order valence-corrected chi connectivity index (χ4v) is 4.75. The number of nitrogens with one attached hydrogen (secondary N) is 1. The molecule has 0 bridgehead atoms. The number of nitrogens with zero attached hydrogens (tertiary/aromatic N) is 3. The summed E-state index contributed by atoms with van der Waals surface area (Å²) < 4.78 is 24.4. The average Bonchev–Trinajstić information content (AvgIpc) is 3.18. The zero-order chi connectivity index (χ0) is 23.3. The fraction of sp³-hybridized carbons (Fsp3) is 0.583. The van der Waals surface area contributed by atoms with E-state index in [9.17, 15) is 14.0 Å². The van der Waals surface area contributed by atoms with Gasteiger partial charge in [0, 0.05) is 26.3 Å². The van der Waals surface area contributed by atoms with E-state index in [4.69, 9.17) is 9.26 Å². The molecule has 1 aliphatic carbocycles. The molecular weight excluding hydrogens is 427 g/mol. The monoisotopic (exact) mass is 458 g/mol. The first-order valence-corrected chi connectivity index (χ1v) is 11.7. The Kier molecular flexibility index (Phi) is 7.37. The molecule has 4 rings (SSSR count). The summed E-state index contributed by atoms with van der Waals surface area (Å²) in [6.45, 7) is 2.87. The summed E-state index contributed by atoms with van der Waals surface area (Å²) in [7, 11) is 0. The number of amides is 2. The number of halogens is 1. The van der Waals surface area contributed by atoms with Crippen LogP contribution in [0.4, 0.5) is 4.39 Å². The molecule has 33 heavy (non-hydrogen) atoms. The van der Waals surface area contributed by atoms with E-state index < -0.39 is 5.54 Å². The van der Waals surface area contributed by atoms with Crippen molar-refractivity contribution < 1.29 is 23.2 Å². The molecule has 1 saturated carbocycles. The van der Waals surface area contributed by atoms with Gasteiger partial charge in [-0.2, -0.15) is 4.98 Å². The Labute approximate surface area is 192 Å². The van der Waals surface area contributed by atoms with Gasteiger partial charge in [-0.15, -0.1) is 0 Å². The van der Waals surface area contributed by atoms with E-state index in [1.165, 1.54) is 19.1 Å². The van der Waals surface area contributed by atoms with Crippen LogP contribution in [0.5, 0.6) is 0 Å². The number of aryl methyl sites for hydroxylation is 1. The van der Waals surface area contributed by atoms with Crippen molar-refractivity contribution in [2.75, 3.05) is 19.7 Å². The van der Waals surface area contributed by atoms with E-state index in [1.54, 1.807) is 17.0 Å². The minimum Gasteiger partial charge on any atom is -0.370 e. The zero-order valence-corrected chi connectivity index (χ0v) is 19.0. The molecule has 2 aromatic rings. The molecule has 1 atom stereocenters. The van der Waals surface area contributed by atoms with Gasteiger partial charge in [0.25, 0.3) is 0 Å². The first kappa shape index (κ1) is 23.4. The van der Waals surface area contributed by atoms with Gasteiger partial charge >= 0.3 is 0 Å². The van der Waals surface area contributed by atoms with Crippen LogP contribution in [0.1, 0.15) is 75.3 Å². The highest BCUT2D eigenvalue weighted by molar-refractivity contribution is 5.76. The molecular formula is C24H31FN4O4. The number of aromatic nitrogens is 2. The topological polar surface area (TPSA) is 97.6 Å². The standard InChI is InChI=1S/C24H31FN4O4/c1-17(30)27-24(12-4-2-3-5-13-24)23-26-21(33-28-23)10-11-22(31)29-14-15-32-20(16-29)18-6-8-19(25)9-7-18/h6-9,20H,2-5,10-16H2,1H3,(H,27,30). The Bertz CT molecular complexity index is 954. The smallest absolute Gasteiger partial charge is 0.227 e. The molecule has 0 radical (unpaired) electrons. The van der Waals surface area contributed by atoms with Crippen molar-refractivity contribution in [3.05, 3.63) is 47.4 Å². The Morgan fingerprint density at radius 1 is 1.18 bits per heavy atom. The number of hydrogen-bond acceptors (Lipinski definition) is 6. The van der Waals surface area contributed by atoms with E-state index >= 15 is 0 Å². The van der Waals surface area contributed by atoms with Crippen LogP contribution in [0.15, 0.2) is 28.8 Å². The Balaban J connectivity index is 1.36. The Morgan fingerprint density at radius 2 is 1.91 bits per heavy atom. The zero-order valence-electron chi connectivity index (χ0n) is 19.0. The highest BCUT2D eigenvalue weighted by Crippen LogP contribution is 2.34. The molecule has 178 valence electrons. The van der Waals surface area contributed by atoms with Crippen LogP contribution in [0.2, 0.25) is 0 Å². The first-order chi connectivity index (χ1) is 15.9. The van der Waals surface area contributed by atoms with Gasteiger partial charge in [-0.3, -0.25) is 9.59 Å². The van der Waals surface area contributed by atoms with Crippen molar-refractivity contribution in [1.29, 1.82) is 0 Å². The molecule has 9 heteroatoms. The van der Waals surface area contributed by atoms with Crippen molar-refractivity contribution in [1.82, 2.24) is 20.4 Å². The second-order valence-corrected chi connectivity index (χ2v) is 8.94. The van der Waals surface area contributed by atoms with E-state index in [2.05, 4.69) is 15.5 Å². The third kappa shape index (κ3) is 5.76. The summed E-state index contributed by atoms with van der Waals surface area (Å²) in [5, 5.41) is 7.25. The maximum atomic E-state index is 13.2. The van der Waals surface area contributed by atoms with E-state index in [-0.39, 0.29) is 30.2 Å². The predicted molar refractivity (Wildman–Crippen MR) is 117 cm³/mol. The second-order valence-electron chi connectivity index (χ2n) is 8.94. The molecule has 8 nitrogen and oxygen atoms in total. The van der Waals surface area contributed by atoms with E-state index in [0.29, 0.717) is 37.8 Å². The minimum absolute atomic E-state index is 0.0174. The van der Waals surface area contributed by atoms with Crippen LogP contribution in [-0.2, 0) is 26.3 Å². The number of ether oxygens (including phenoxy) is 1. The summed E-state index contributed by atoms with van der Waals surface area (Å²) in [5.41, 5.74) is 0.253. The lowest BCUT2D eigenvalue weighted by molar-refractivity contribution is -0.139. The minimum atomic E-state index is -0.597. The highest BCUT2D eigenvalue weighted by atomic mass is 19.1. The van der Waals surface area contributed by atoms with Crippen molar-refractivity contribution in [2.45, 2.75) is 69.9 Å². The summed E-state index contributed by atoms with van der Waals surface area (Å²) in [6, 6.07) is 6.17. The van der Waals surface area contributed by atoms with Crippen LogP contribution >= 0.6 is 0 Å². The van der Waals surface area contributed by atoms with Crippen LogP contribution in [0.25, 0.3) is 0 Å². The fourth-order valence-electron chi connectivity index (χ4n) is 4.75. The van der Waals surface area contributed by atoms with Gasteiger partial charge < -0.3 is 19.5 Å². The Hall–Kier alpha value is -2.81.